The van der Waals surface area contributed by atoms with E-state index in [1.54, 1.807) is 25.1 Å². The van der Waals surface area contributed by atoms with Gasteiger partial charge in [-0.2, -0.15) is 18.4 Å². The molecule has 6 nitrogen and oxygen atoms in total. The molecule has 0 spiro atoms. The Morgan fingerprint density at radius 3 is 2.54 bits per heavy atom. The van der Waals surface area contributed by atoms with Crippen LogP contribution in [0.1, 0.15) is 37.2 Å². The van der Waals surface area contributed by atoms with Crippen LogP contribution in [0.3, 0.4) is 0 Å². The number of fused-ring (bicyclic) bond motifs is 1. The summed E-state index contributed by atoms with van der Waals surface area (Å²) in [5.41, 5.74) is -3.76. The molecule has 0 saturated heterocycles. The molecule has 0 amide bonds. The van der Waals surface area contributed by atoms with Gasteiger partial charge in [0.15, 0.2) is 5.60 Å². The Labute approximate surface area is 199 Å². The van der Waals surface area contributed by atoms with E-state index >= 15 is 0 Å². The van der Waals surface area contributed by atoms with Gasteiger partial charge in [0.1, 0.15) is 22.9 Å². The van der Waals surface area contributed by atoms with Crippen molar-refractivity contribution in [3.05, 3.63) is 59.3 Å². The summed E-state index contributed by atoms with van der Waals surface area (Å²) in [6.45, 7) is 4.63. The maximum Gasteiger partial charge on any atom is 0.422 e. The molecule has 0 saturated carbocycles. The fraction of sp³-hybridized carbons (Fsp3) is 0.360. The van der Waals surface area contributed by atoms with Crippen molar-refractivity contribution in [2.75, 3.05) is 7.11 Å². The van der Waals surface area contributed by atoms with E-state index in [0.717, 1.165) is 6.07 Å². The number of hydrogen-bond acceptors (Lipinski definition) is 6. The van der Waals surface area contributed by atoms with Crippen molar-refractivity contribution >= 4 is 22.8 Å². The van der Waals surface area contributed by atoms with Crippen molar-refractivity contribution in [2.45, 2.75) is 50.8 Å². The molecule has 0 fully saturated rings. The quantitative estimate of drug-likeness (QED) is 0.350. The molecule has 0 radical (unpaired) electrons. The number of hydrogen-bond donors (Lipinski definition) is 1. The number of alkyl halides is 3. The number of nitrogens with zero attached hydrogens (tertiary/aromatic N) is 4. The summed E-state index contributed by atoms with van der Waals surface area (Å²) in [7, 11) is 1.37. The van der Waals surface area contributed by atoms with Gasteiger partial charge in [-0.15, -0.1) is 0 Å². The largest absolute Gasteiger partial charge is 0.496 e. The Morgan fingerprint density at radius 1 is 1.20 bits per heavy atom. The number of rotatable bonds is 7. The second kappa shape index (κ2) is 9.58. The van der Waals surface area contributed by atoms with Crippen LogP contribution < -0.4 is 4.74 Å². The minimum atomic E-state index is -5.08. The van der Waals surface area contributed by atoms with Gasteiger partial charge in [-0.1, -0.05) is 32.0 Å². The smallest absolute Gasteiger partial charge is 0.422 e. The summed E-state index contributed by atoms with van der Waals surface area (Å²) in [4.78, 5) is 11.9. The summed E-state index contributed by atoms with van der Waals surface area (Å²) in [6, 6.07) is 9.12. The van der Waals surface area contributed by atoms with Gasteiger partial charge in [0, 0.05) is 28.9 Å². The summed E-state index contributed by atoms with van der Waals surface area (Å²) >= 11 is 0. The molecular formula is C25H24F4N4O2. The van der Waals surface area contributed by atoms with E-state index in [1.807, 2.05) is 6.07 Å². The predicted octanol–water partition coefficient (Wildman–Crippen LogP) is 5.52. The van der Waals surface area contributed by atoms with Crippen LogP contribution in [0, 0.1) is 24.1 Å². The summed E-state index contributed by atoms with van der Waals surface area (Å²) in [5.74, 6) is -0.0859. The lowest BCUT2D eigenvalue weighted by Crippen LogP contribution is -2.50. The number of aliphatic imine (C=N–C) groups is 1. The van der Waals surface area contributed by atoms with Crippen molar-refractivity contribution in [1.82, 2.24) is 9.97 Å². The number of aryl methyl sites for hydroxylation is 1. The van der Waals surface area contributed by atoms with E-state index in [4.69, 9.17) is 10.00 Å². The highest BCUT2D eigenvalue weighted by Crippen LogP contribution is 2.44. The van der Waals surface area contributed by atoms with Crippen molar-refractivity contribution < 1.29 is 27.4 Å². The molecule has 35 heavy (non-hydrogen) atoms. The third kappa shape index (κ3) is 5.25. The summed E-state index contributed by atoms with van der Waals surface area (Å²) < 4.78 is 62.1. The van der Waals surface area contributed by atoms with Crippen LogP contribution >= 0.6 is 0 Å². The van der Waals surface area contributed by atoms with Crippen LogP contribution in [0.2, 0.25) is 0 Å². The lowest BCUT2D eigenvalue weighted by atomic mass is 9.74. The molecular weight excluding hydrogens is 464 g/mol. The molecule has 1 atom stereocenters. The molecule has 0 aliphatic rings. The first-order valence-electron chi connectivity index (χ1n) is 10.6. The van der Waals surface area contributed by atoms with Crippen molar-refractivity contribution in [1.29, 1.82) is 5.26 Å². The zero-order valence-electron chi connectivity index (χ0n) is 19.6. The van der Waals surface area contributed by atoms with Crippen molar-refractivity contribution in [2.24, 2.45) is 4.99 Å². The summed E-state index contributed by atoms with van der Waals surface area (Å²) in [6.07, 6.45) is -4.16. The molecule has 10 heteroatoms. The number of aliphatic hydroxyl groups is 1. The van der Waals surface area contributed by atoms with E-state index in [2.05, 4.69) is 15.0 Å². The molecule has 1 unspecified atom stereocenters. The van der Waals surface area contributed by atoms with E-state index in [-0.39, 0.29) is 28.8 Å². The lowest BCUT2D eigenvalue weighted by Gasteiger charge is -2.36. The first-order valence-corrected chi connectivity index (χ1v) is 10.6. The number of ether oxygens (including phenoxy) is 1. The normalized spacial score (nSPS) is 14.2. The second-order valence-electron chi connectivity index (χ2n) is 8.82. The second-order valence-corrected chi connectivity index (χ2v) is 8.82. The van der Waals surface area contributed by atoms with Gasteiger partial charge < -0.3 is 9.84 Å². The van der Waals surface area contributed by atoms with E-state index in [1.165, 1.54) is 33.2 Å². The number of para-hydroxylation sites is 1. The molecule has 3 rings (SSSR count). The van der Waals surface area contributed by atoms with Crippen LogP contribution in [-0.4, -0.2) is 40.2 Å². The number of methoxy groups -OCH3 is 1. The molecule has 0 bridgehead atoms. The van der Waals surface area contributed by atoms with Crippen LogP contribution in [0.4, 0.5) is 23.2 Å². The van der Waals surface area contributed by atoms with Crippen molar-refractivity contribution in [3.63, 3.8) is 0 Å². The monoisotopic (exact) mass is 488 g/mol. The topological polar surface area (TPSA) is 91.4 Å². The molecule has 1 aromatic heterocycles. The van der Waals surface area contributed by atoms with Gasteiger partial charge in [0.2, 0.25) is 0 Å². The van der Waals surface area contributed by atoms with E-state index < -0.39 is 29.4 Å². The highest BCUT2D eigenvalue weighted by molar-refractivity contribution is 5.91. The third-order valence-corrected chi connectivity index (χ3v) is 5.72. The van der Waals surface area contributed by atoms with Crippen LogP contribution in [0.25, 0.3) is 10.9 Å². The van der Waals surface area contributed by atoms with Gasteiger partial charge in [0.25, 0.3) is 0 Å². The van der Waals surface area contributed by atoms with Crippen LogP contribution in [0.5, 0.6) is 5.75 Å². The lowest BCUT2D eigenvalue weighted by molar-refractivity contribution is -0.234. The van der Waals surface area contributed by atoms with Crippen molar-refractivity contribution in [3.8, 4) is 11.8 Å². The Bertz CT molecular complexity index is 1320. The van der Waals surface area contributed by atoms with Crippen LogP contribution in [0.15, 0.2) is 41.5 Å². The number of benzene rings is 2. The van der Waals surface area contributed by atoms with Gasteiger partial charge in [-0.3, -0.25) is 4.99 Å². The number of halogens is 4. The van der Waals surface area contributed by atoms with E-state index in [0.29, 0.717) is 23.2 Å². The van der Waals surface area contributed by atoms with E-state index in [9.17, 15) is 22.7 Å². The fourth-order valence-electron chi connectivity index (χ4n) is 4.02. The zero-order chi connectivity index (χ0) is 26.0. The zero-order valence-corrected chi connectivity index (χ0v) is 19.6. The molecule has 0 aliphatic heterocycles. The van der Waals surface area contributed by atoms with Gasteiger partial charge in [0.05, 0.1) is 25.3 Å². The van der Waals surface area contributed by atoms with Crippen LogP contribution in [-0.2, 0) is 11.8 Å². The predicted molar refractivity (Wildman–Crippen MR) is 123 cm³/mol. The molecule has 1 heterocycles. The third-order valence-electron chi connectivity index (χ3n) is 5.72. The first kappa shape index (κ1) is 26.0. The average molecular weight is 488 g/mol. The Morgan fingerprint density at radius 2 is 1.91 bits per heavy atom. The Hall–Kier alpha value is -3.58. The SMILES string of the molecule is COc1c(CC#N)cccc1C(C)(C)CC(O)(C=Nc1ccc(F)c2nc(C)ncc12)C(F)(F)F. The maximum atomic E-state index is 14.2. The number of aromatic nitrogens is 2. The first-order chi connectivity index (χ1) is 16.3. The van der Waals surface area contributed by atoms with Gasteiger partial charge in [-0.05, 0) is 30.9 Å². The highest BCUT2D eigenvalue weighted by atomic mass is 19.4. The Kier molecular flexibility index (Phi) is 7.13. The Balaban J connectivity index is 2.07. The van der Waals surface area contributed by atoms with Gasteiger partial charge in [-0.25, -0.2) is 14.4 Å². The average Bonchev–Trinajstić information content (AvgIpc) is 2.78. The number of nitriles is 1. The summed E-state index contributed by atoms with van der Waals surface area (Å²) in [5, 5.41) is 20.0. The highest BCUT2D eigenvalue weighted by Gasteiger charge is 2.55. The standard InChI is InChI=1S/C25H24F4N4O2/c1-15-31-12-17-20(9-8-19(26)21(17)33-15)32-14-24(34,25(27,28)29)13-23(2,3)18-7-5-6-16(10-11-30)22(18)35-4/h5-9,12,14,34H,10,13H2,1-4H3. The molecule has 1 N–H and O–H groups in total. The minimum absolute atomic E-state index is 0.0112. The maximum absolute atomic E-state index is 14.2. The molecule has 2 aromatic carbocycles. The molecule has 3 aromatic rings. The fourth-order valence-corrected chi connectivity index (χ4v) is 4.02. The van der Waals surface area contributed by atoms with Gasteiger partial charge >= 0.3 is 6.18 Å². The minimum Gasteiger partial charge on any atom is -0.496 e. The molecule has 0 aliphatic carbocycles. The molecule has 184 valence electrons.